The van der Waals surface area contributed by atoms with Crippen LogP contribution in [0.4, 0.5) is 16.2 Å². The van der Waals surface area contributed by atoms with Gasteiger partial charge < -0.3 is 15.7 Å². The van der Waals surface area contributed by atoms with Gasteiger partial charge in [0.05, 0.1) is 16.1 Å². The van der Waals surface area contributed by atoms with E-state index in [2.05, 4.69) is 10.6 Å². The second kappa shape index (κ2) is 5.46. The summed E-state index contributed by atoms with van der Waals surface area (Å²) in [7, 11) is 0. The number of amides is 2. The highest BCUT2D eigenvalue weighted by molar-refractivity contribution is 5.90. The number of nitro benzene ring substituents is 1. The molecule has 0 heterocycles. The maximum Gasteiger partial charge on any atom is 0.319 e. The molecule has 0 spiro atoms. The summed E-state index contributed by atoms with van der Waals surface area (Å²) in [6.45, 7) is 6.53. The maximum absolute atomic E-state index is 11.9. The number of carbonyl (C=O) groups excluding carboxylic acids is 1. The van der Waals surface area contributed by atoms with Gasteiger partial charge in [0, 0.05) is 17.8 Å². The van der Waals surface area contributed by atoms with Gasteiger partial charge in [0.15, 0.2) is 0 Å². The van der Waals surface area contributed by atoms with Crippen molar-refractivity contribution in [1.82, 2.24) is 5.32 Å². The van der Waals surface area contributed by atoms with E-state index in [-0.39, 0.29) is 5.69 Å². The molecular weight excluding hydrogens is 262 g/mol. The molecule has 3 N–H and O–H groups in total. The summed E-state index contributed by atoms with van der Waals surface area (Å²) in [6.07, 6.45) is 0. The van der Waals surface area contributed by atoms with Gasteiger partial charge in [0.2, 0.25) is 0 Å². The third-order valence-corrected chi connectivity index (χ3v) is 3.27. The van der Waals surface area contributed by atoms with Crippen LogP contribution in [0.15, 0.2) is 24.3 Å². The van der Waals surface area contributed by atoms with Crippen LogP contribution in [-0.4, -0.2) is 27.2 Å². The Bertz CT molecular complexity index is 521. The number of non-ortho nitro benzene ring substituents is 1. The Morgan fingerprint density at radius 2 is 1.90 bits per heavy atom. The zero-order valence-electron chi connectivity index (χ0n) is 11.9. The number of nitro groups is 1. The smallest absolute Gasteiger partial charge is 0.319 e. The fourth-order valence-corrected chi connectivity index (χ4v) is 1.30. The molecule has 0 aliphatic carbocycles. The molecule has 0 aliphatic rings. The van der Waals surface area contributed by atoms with Crippen molar-refractivity contribution in [3.63, 3.8) is 0 Å². The van der Waals surface area contributed by atoms with E-state index in [9.17, 15) is 20.0 Å². The van der Waals surface area contributed by atoms with Crippen molar-refractivity contribution in [1.29, 1.82) is 0 Å². The first kappa shape index (κ1) is 15.9. The van der Waals surface area contributed by atoms with Crippen molar-refractivity contribution in [2.45, 2.75) is 38.8 Å². The van der Waals surface area contributed by atoms with Crippen molar-refractivity contribution >= 4 is 17.4 Å². The number of hydrogen-bond donors (Lipinski definition) is 3. The fourth-order valence-electron chi connectivity index (χ4n) is 1.30. The van der Waals surface area contributed by atoms with Gasteiger partial charge in [-0.05, 0) is 33.8 Å². The molecule has 0 fully saturated rings. The average Bonchev–Trinajstić information content (AvgIpc) is 2.26. The van der Waals surface area contributed by atoms with E-state index in [4.69, 9.17) is 0 Å². The number of hydrogen-bond acceptors (Lipinski definition) is 4. The molecule has 0 radical (unpaired) electrons. The predicted molar refractivity (Wildman–Crippen MR) is 75.6 cm³/mol. The van der Waals surface area contributed by atoms with E-state index in [1.165, 1.54) is 18.2 Å². The number of nitrogens with one attached hydrogen (secondary N) is 2. The Balaban J connectivity index is 2.77. The van der Waals surface area contributed by atoms with Gasteiger partial charge in [-0.25, -0.2) is 4.79 Å². The molecular formula is C13H19N3O4. The van der Waals surface area contributed by atoms with Crippen molar-refractivity contribution in [3.05, 3.63) is 34.4 Å². The van der Waals surface area contributed by atoms with Gasteiger partial charge in [-0.3, -0.25) is 10.1 Å². The first-order valence-electron chi connectivity index (χ1n) is 6.09. The van der Waals surface area contributed by atoms with Gasteiger partial charge in [0.1, 0.15) is 0 Å². The lowest BCUT2D eigenvalue weighted by Gasteiger charge is -2.37. The summed E-state index contributed by atoms with van der Waals surface area (Å²) in [5.41, 5.74) is -1.78. The molecule has 7 nitrogen and oxygen atoms in total. The largest absolute Gasteiger partial charge is 0.388 e. The second-order valence-electron chi connectivity index (χ2n) is 5.57. The first-order chi connectivity index (χ1) is 9.03. The number of rotatable bonds is 4. The van der Waals surface area contributed by atoms with Crippen LogP contribution >= 0.6 is 0 Å². The maximum atomic E-state index is 11.9. The molecule has 0 aromatic heterocycles. The Hall–Kier alpha value is -2.15. The molecule has 1 rings (SSSR count). The monoisotopic (exact) mass is 281 g/mol. The lowest BCUT2D eigenvalue weighted by atomic mass is 9.86. The number of anilines is 1. The van der Waals surface area contributed by atoms with E-state index >= 15 is 0 Å². The molecule has 0 atom stereocenters. The predicted octanol–water partition coefficient (Wildman–Crippen LogP) is 2.27. The first-order valence-corrected chi connectivity index (χ1v) is 6.09. The van der Waals surface area contributed by atoms with Gasteiger partial charge in [-0.2, -0.15) is 0 Å². The average molecular weight is 281 g/mol. The highest BCUT2D eigenvalue weighted by Gasteiger charge is 2.36. The van der Waals surface area contributed by atoms with Gasteiger partial charge >= 0.3 is 6.03 Å². The third-order valence-electron chi connectivity index (χ3n) is 3.27. The summed E-state index contributed by atoms with van der Waals surface area (Å²) >= 11 is 0. The topological polar surface area (TPSA) is 104 Å². The molecule has 1 aromatic carbocycles. The van der Waals surface area contributed by atoms with Crippen LogP contribution in [0.2, 0.25) is 0 Å². The lowest BCUT2D eigenvalue weighted by Crippen LogP contribution is -2.58. The molecule has 20 heavy (non-hydrogen) atoms. The molecule has 0 bridgehead atoms. The second-order valence-corrected chi connectivity index (χ2v) is 5.57. The molecule has 0 saturated carbocycles. The molecule has 2 amide bonds. The van der Waals surface area contributed by atoms with Crippen LogP contribution in [0, 0.1) is 10.1 Å². The minimum absolute atomic E-state index is 0.107. The zero-order chi connectivity index (χ0) is 15.6. The van der Waals surface area contributed by atoms with E-state index in [1.54, 1.807) is 33.8 Å². The normalized spacial score (nSPS) is 11.8. The number of urea groups is 1. The van der Waals surface area contributed by atoms with Crippen LogP contribution in [0.3, 0.4) is 0 Å². The SMILES string of the molecule is CC(C)(O)C(C)(C)NC(=O)Nc1cccc([N+](=O)[O-])c1. The summed E-state index contributed by atoms with van der Waals surface area (Å²) in [4.78, 5) is 22.0. The third kappa shape index (κ3) is 3.92. The lowest BCUT2D eigenvalue weighted by molar-refractivity contribution is -0.384. The van der Waals surface area contributed by atoms with Gasteiger partial charge in [0.25, 0.3) is 5.69 Å². The summed E-state index contributed by atoms with van der Waals surface area (Å²) in [5, 5.41) is 25.7. The van der Waals surface area contributed by atoms with Crippen LogP contribution in [0.1, 0.15) is 27.7 Å². The Labute approximate surface area is 117 Å². The van der Waals surface area contributed by atoms with Crippen molar-refractivity contribution in [2.24, 2.45) is 0 Å². The van der Waals surface area contributed by atoms with Gasteiger partial charge in [-0.15, -0.1) is 0 Å². The number of nitrogens with zero attached hydrogens (tertiary/aromatic N) is 1. The minimum Gasteiger partial charge on any atom is -0.388 e. The number of carbonyl (C=O) groups is 1. The van der Waals surface area contributed by atoms with Crippen LogP contribution in [0.25, 0.3) is 0 Å². The van der Waals surface area contributed by atoms with E-state index in [0.29, 0.717) is 5.69 Å². The molecule has 7 heteroatoms. The summed E-state index contributed by atoms with van der Waals surface area (Å²) in [5.74, 6) is 0. The standard InChI is InChI=1S/C13H19N3O4/c1-12(2,13(3,4)18)15-11(17)14-9-6-5-7-10(8-9)16(19)20/h5-8,18H,1-4H3,(H2,14,15,17). The highest BCUT2D eigenvalue weighted by atomic mass is 16.6. The molecule has 1 aromatic rings. The van der Waals surface area contributed by atoms with Crippen molar-refractivity contribution in [3.8, 4) is 0 Å². The van der Waals surface area contributed by atoms with Crippen molar-refractivity contribution < 1.29 is 14.8 Å². The summed E-state index contributed by atoms with van der Waals surface area (Å²) < 4.78 is 0. The van der Waals surface area contributed by atoms with Gasteiger partial charge in [-0.1, -0.05) is 6.07 Å². The van der Waals surface area contributed by atoms with Crippen LogP contribution in [0.5, 0.6) is 0 Å². The Morgan fingerprint density at radius 1 is 1.30 bits per heavy atom. The Morgan fingerprint density at radius 3 is 2.40 bits per heavy atom. The highest BCUT2D eigenvalue weighted by Crippen LogP contribution is 2.21. The van der Waals surface area contributed by atoms with Crippen LogP contribution < -0.4 is 10.6 Å². The minimum atomic E-state index is -1.12. The van der Waals surface area contributed by atoms with Crippen LogP contribution in [-0.2, 0) is 0 Å². The van der Waals surface area contributed by atoms with E-state index in [0.717, 1.165) is 0 Å². The fraction of sp³-hybridized carbons (Fsp3) is 0.462. The van der Waals surface area contributed by atoms with E-state index < -0.39 is 22.1 Å². The molecule has 0 unspecified atom stereocenters. The Kier molecular flexibility index (Phi) is 4.34. The molecule has 110 valence electrons. The molecule has 0 aliphatic heterocycles. The van der Waals surface area contributed by atoms with Crippen molar-refractivity contribution in [2.75, 3.05) is 5.32 Å². The number of aliphatic hydroxyl groups is 1. The quantitative estimate of drug-likeness (QED) is 0.581. The molecule has 0 saturated heterocycles. The van der Waals surface area contributed by atoms with E-state index in [1.807, 2.05) is 0 Å². The summed E-state index contributed by atoms with van der Waals surface area (Å²) in [6, 6.07) is 5.08. The zero-order valence-corrected chi connectivity index (χ0v) is 11.9. The number of benzene rings is 1.